The fourth-order valence-electron chi connectivity index (χ4n) is 10.9. The van der Waals surface area contributed by atoms with Crippen molar-refractivity contribution in [3.63, 3.8) is 0 Å². The number of ether oxygens (including phenoxy) is 4. The van der Waals surface area contributed by atoms with E-state index in [1.54, 1.807) is 0 Å². The Kier molecular flexibility index (Phi) is 70.1. The quantitative estimate of drug-likeness (QED) is 0.0211. The molecule has 9 nitrogen and oxygen atoms in total. The van der Waals surface area contributed by atoms with E-state index in [2.05, 4.69) is 135 Å². The summed E-state index contributed by atoms with van der Waals surface area (Å²) in [4.78, 5) is 37.7. The Hall–Kier alpha value is -4.31. The van der Waals surface area contributed by atoms with Crippen LogP contribution in [0.5, 0.6) is 0 Å². The normalized spacial score (nSPS) is 13.3. The van der Waals surface area contributed by atoms with Gasteiger partial charge in [-0.25, -0.2) is 4.79 Å². The lowest BCUT2D eigenvalue weighted by atomic mass is 10.0. The van der Waals surface area contributed by atoms with Gasteiger partial charge >= 0.3 is 17.9 Å². The number of allylic oxidation sites excluding steroid dienone is 20. The van der Waals surface area contributed by atoms with E-state index in [1.165, 1.54) is 199 Å². The first-order valence-electron chi connectivity index (χ1n) is 38.7. The minimum absolute atomic E-state index is 0.184. The van der Waals surface area contributed by atoms with E-state index < -0.39 is 24.3 Å². The van der Waals surface area contributed by atoms with E-state index in [9.17, 15) is 19.5 Å². The molecule has 0 aliphatic carbocycles. The number of hydrogen-bond donors (Lipinski definition) is 1. The summed E-state index contributed by atoms with van der Waals surface area (Å²) in [5.41, 5.74) is 0. The van der Waals surface area contributed by atoms with Crippen molar-refractivity contribution in [3.05, 3.63) is 122 Å². The highest BCUT2D eigenvalue weighted by atomic mass is 16.7. The van der Waals surface area contributed by atoms with Crippen molar-refractivity contribution in [1.29, 1.82) is 0 Å². The molecule has 0 radical (unpaired) electrons. The van der Waals surface area contributed by atoms with Crippen LogP contribution in [0.1, 0.15) is 335 Å². The van der Waals surface area contributed by atoms with E-state index in [1.807, 2.05) is 21.1 Å². The molecule has 534 valence electrons. The largest absolute Gasteiger partial charge is 0.477 e. The molecule has 0 aliphatic rings. The molecular weight excluding hydrogens is 1150 g/mol. The Morgan fingerprint density at radius 3 is 0.860 bits per heavy atom. The number of likely N-dealkylation sites (N-methyl/N-ethyl adjacent to an activating group) is 1. The lowest BCUT2D eigenvalue weighted by Gasteiger charge is -2.25. The summed E-state index contributed by atoms with van der Waals surface area (Å²) in [7, 11) is 5.98. The first-order valence-corrected chi connectivity index (χ1v) is 38.7. The van der Waals surface area contributed by atoms with Crippen molar-refractivity contribution in [1.82, 2.24) is 0 Å². The van der Waals surface area contributed by atoms with Gasteiger partial charge in [0.2, 0.25) is 0 Å². The number of hydrogen-bond acceptors (Lipinski definition) is 7. The van der Waals surface area contributed by atoms with Gasteiger partial charge in [0, 0.05) is 12.8 Å². The van der Waals surface area contributed by atoms with Crippen LogP contribution in [0, 0.1) is 0 Å². The smallest absolute Gasteiger partial charge is 0.361 e. The lowest BCUT2D eigenvalue weighted by Crippen LogP contribution is -2.40. The third-order valence-electron chi connectivity index (χ3n) is 16.7. The second kappa shape index (κ2) is 73.5. The number of carboxylic acid groups (broad SMARTS) is 1. The molecule has 0 bridgehead atoms. The molecule has 2 unspecified atom stereocenters. The summed E-state index contributed by atoms with van der Waals surface area (Å²) in [6, 6.07) is 0. The molecule has 0 saturated carbocycles. The van der Waals surface area contributed by atoms with Crippen LogP contribution in [0.4, 0.5) is 0 Å². The zero-order valence-electron chi connectivity index (χ0n) is 61.1. The molecule has 1 N–H and O–H groups in total. The summed E-state index contributed by atoms with van der Waals surface area (Å²) in [6.07, 6.45) is 102. The fourth-order valence-corrected chi connectivity index (χ4v) is 10.9. The van der Waals surface area contributed by atoms with Crippen molar-refractivity contribution in [2.45, 2.75) is 347 Å². The zero-order valence-corrected chi connectivity index (χ0v) is 61.1. The Balaban J connectivity index is 4.03. The van der Waals surface area contributed by atoms with Crippen molar-refractivity contribution >= 4 is 17.9 Å². The van der Waals surface area contributed by atoms with Gasteiger partial charge in [-0.2, -0.15) is 0 Å². The molecule has 0 spiro atoms. The van der Waals surface area contributed by atoms with Crippen LogP contribution in [0.15, 0.2) is 122 Å². The van der Waals surface area contributed by atoms with Crippen LogP contribution < -0.4 is 0 Å². The Labute approximate surface area is 574 Å². The van der Waals surface area contributed by atoms with Crippen molar-refractivity contribution in [2.75, 3.05) is 47.5 Å². The number of unbranched alkanes of at least 4 members (excludes halogenated alkanes) is 36. The molecule has 9 heteroatoms. The van der Waals surface area contributed by atoms with E-state index in [-0.39, 0.29) is 32.2 Å². The first-order chi connectivity index (χ1) is 45.6. The van der Waals surface area contributed by atoms with Gasteiger partial charge in [0.05, 0.1) is 34.4 Å². The average Bonchev–Trinajstić information content (AvgIpc) is 3.38. The third kappa shape index (κ3) is 74.9. The molecule has 93 heavy (non-hydrogen) atoms. The monoisotopic (exact) mass is 1300 g/mol. The van der Waals surface area contributed by atoms with Crippen molar-refractivity contribution < 1.29 is 42.9 Å². The van der Waals surface area contributed by atoms with Gasteiger partial charge < -0.3 is 28.5 Å². The molecule has 0 aromatic heterocycles. The summed E-state index contributed by atoms with van der Waals surface area (Å²) in [5.74, 6) is -2.00. The summed E-state index contributed by atoms with van der Waals surface area (Å²) >= 11 is 0. The first kappa shape index (κ1) is 88.7. The van der Waals surface area contributed by atoms with Gasteiger partial charge in [-0.05, 0) is 103 Å². The number of carboxylic acids is 1. The average molecular weight is 1300 g/mol. The van der Waals surface area contributed by atoms with E-state index in [0.29, 0.717) is 23.9 Å². The molecule has 0 aromatic carbocycles. The van der Waals surface area contributed by atoms with Crippen LogP contribution in [0.25, 0.3) is 0 Å². The topological polar surface area (TPSA) is 108 Å². The molecule has 0 saturated heterocycles. The maximum atomic E-state index is 13.0. The van der Waals surface area contributed by atoms with Crippen LogP contribution in [-0.2, 0) is 33.3 Å². The predicted molar refractivity (Wildman–Crippen MR) is 401 cm³/mol. The number of nitrogens with zero attached hydrogens (tertiary/aromatic N) is 1. The maximum absolute atomic E-state index is 13.0. The molecule has 0 amide bonds. The van der Waals surface area contributed by atoms with Gasteiger partial charge in [-0.15, -0.1) is 0 Å². The van der Waals surface area contributed by atoms with E-state index in [4.69, 9.17) is 18.9 Å². The number of rotatable bonds is 71. The molecule has 2 atom stereocenters. The lowest BCUT2D eigenvalue weighted by molar-refractivity contribution is -0.870. The van der Waals surface area contributed by atoms with Gasteiger partial charge in [0.15, 0.2) is 6.10 Å². The zero-order chi connectivity index (χ0) is 67.5. The van der Waals surface area contributed by atoms with Gasteiger partial charge in [0.1, 0.15) is 13.2 Å². The SMILES string of the molecule is CC/C=C\C/C=C\C/C=C\C/C=C\C/C=C\C/C=C\CCCCCCCCCCCCCCC(=O)OC(COC(=O)CCCCCCCCCCCCCCCCCCCCCCCCCC/C=C\C/C=C\C/C=C\C/C=C\CC)COC(OCC[N+](C)(C)C)C(=O)O. The van der Waals surface area contributed by atoms with Crippen LogP contribution in [0.2, 0.25) is 0 Å². The predicted octanol–water partition coefficient (Wildman–Crippen LogP) is 24.7. The Morgan fingerprint density at radius 1 is 0.323 bits per heavy atom. The number of quaternary nitrogens is 1. The molecule has 0 rings (SSSR count). The number of carbonyl (C=O) groups excluding carboxylic acids is 2. The Bertz CT molecular complexity index is 1950. The highest BCUT2D eigenvalue weighted by Gasteiger charge is 2.25. The van der Waals surface area contributed by atoms with Crippen LogP contribution in [-0.4, -0.2) is 87.4 Å². The fraction of sp³-hybridized carbons (Fsp3) is 0.726. The van der Waals surface area contributed by atoms with Gasteiger partial charge in [0.25, 0.3) is 6.29 Å². The van der Waals surface area contributed by atoms with Crippen molar-refractivity contribution in [2.24, 2.45) is 0 Å². The molecule has 0 fully saturated rings. The third-order valence-corrected chi connectivity index (χ3v) is 16.7. The molecule has 0 aromatic rings. The number of aliphatic carboxylic acids is 1. The second-order valence-corrected chi connectivity index (χ2v) is 26.9. The van der Waals surface area contributed by atoms with Crippen molar-refractivity contribution in [3.8, 4) is 0 Å². The highest BCUT2D eigenvalue weighted by molar-refractivity contribution is 5.71. The minimum Gasteiger partial charge on any atom is -0.477 e. The van der Waals surface area contributed by atoms with Gasteiger partial charge in [-0.3, -0.25) is 9.59 Å². The van der Waals surface area contributed by atoms with E-state index >= 15 is 0 Å². The van der Waals surface area contributed by atoms with E-state index in [0.717, 1.165) is 103 Å². The summed E-state index contributed by atoms with van der Waals surface area (Å²) < 4.78 is 23.0. The van der Waals surface area contributed by atoms with Crippen LogP contribution >= 0.6 is 0 Å². The molecule has 0 heterocycles. The van der Waals surface area contributed by atoms with Gasteiger partial charge in [-0.1, -0.05) is 341 Å². The highest BCUT2D eigenvalue weighted by Crippen LogP contribution is 2.18. The molecule has 0 aliphatic heterocycles. The molecular formula is C84H146NO8+. The number of carbonyl (C=O) groups is 3. The standard InChI is InChI=1S/C84H145NO8/c1-6-8-10-12-14-16-18-20-22-24-26-28-30-32-34-36-38-39-40-41-42-43-45-46-48-50-52-54-56-58-60-62-64-66-68-70-72-74-81(86)91-78-80(79-92-84(83(88)89)90-77-76-85(3,4)5)93-82(87)75-73-71-69-67-65-63-61-59-57-55-53-51-49-47-44-37-35-33-31-29-27-25-23-21-19-17-15-13-11-9-7-2/h8-11,14-17,20-23,26-29,33,35,44,47,80,84H,6-7,12-13,18-19,24-25,30-32,34,36-43,45-46,48-79H2,1-5H3/p+1/b10-8-,11-9-,16-14-,17-15-,22-20-,23-21-,28-26-,29-27-,35-33-,47-44-. The maximum Gasteiger partial charge on any atom is 0.361 e. The number of esters is 2. The Morgan fingerprint density at radius 2 is 0.581 bits per heavy atom. The second-order valence-electron chi connectivity index (χ2n) is 26.9. The van der Waals surface area contributed by atoms with Crippen LogP contribution in [0.3, 0.4) is 0 Å². The summed E-state index contributed by atoms with van der Waals surface area (Å²) in [5, 5.41) is 9.77. The summed E-state index contributed by atoms with van der Waals surface area (Å²) in [6.45, 7) is 4.68. The minimum atomic E-state index is -1.52.